The van der Waals surface area contributed by atoms with Gasteiger partial charge in [-0.15, -0.1) is 11.3 Å². The second kappa shape index (κ2) is 4.98. The molecule has 0 saturated carbocycles. The number of nitrogens with one attached hydrogen (secondary N) is 1. The minimum atomic E-state index is 0.102. The Morgan fingerprint density at radius 3 is 2.65 bits per heavy atom. The van der Waals surface area contributed by atoms with Crippen molar-refractivity contribution in [2.24, 2.45) is 0 Å². The van der Waals surface area contributed by atoms with Crippen molar-refractivity contribution in [2.75, 3.05) is 5.32 Å². The van der Waals surface area contributed by atoms with Crippen LogP contribution < -0.4 is 5.32 Å². The summed E-state index contributed by atoms with van der Waals surface area (Å²) in [5.41, 5.74) is 1.01. The normalized spacial score (nSPS) is 12.5. The van der Waals surface area contributed by atoms with Crippen LogP contribution in [0.4, 0.5) is 5.82 Å². The maximum atomic E-state index is 5.88. The first-order valence-corrected chi connectivity index (χ1v) is 6.50. The molecule has 2 aromatic heterocycles. The van der Waals surface area contributed by atoms with Gasteiger partial charge in [0, 0.05) is 11.4 Å². The highest BCUT2D eigenvalue weighted by molar-refractivity contribution is 7.09. The van der Waals surface area contributed by atoms with Crippen molar-refractivity contribution < 1.29 is 0 Å². The molecule has 0 aliphatic carbocycles. The van der Waals surface area contributed by atoms with E-state index in [-0.39, 0.29) is 6.04 Å². The number of thiazole rings is 1. The molecule has 0 amide bonds. The minimum absolute atomic E-state index is 0.102. The van der Waals surface area contributed by atoms with Gasteiger partial charge in [-0.2, -0.15) is 0 Å². The number of rotatable bonds is 3. The summed E-state index contributed by atoms with van der Waals surface area (Å²) in [7, 11) is 0. The van der Waals surface area contributed by atoms with Crippen LogP contribution in [0.15, 0.2) is 11.4 Å². The zero-order valence-electron chi connectivity index (χ0n) is 9.86. The van der Waals surface area contributed by atoms with Crippen LogP contribution in [0.25, 0.3) is 0 Å². The highest BCUT2D eigenvalue weighted by Crippen LogP contribution is 2.21. The Hall–Kier alpha value is -1.20. The molecule has 90 valence electrons. The molecule has 4 nitrogen and oxygen atoms in total. The smallest absolute Gasteiger partial charge is 0.134 e. The topological polar surface area (TPSA) is 50.7 Å². The summed E-state index contributed by atoms with van der Waals surface area (Å²) in [6.07, 6.45) is 0. The average molecular weight is 269 g/mol. The van der Waals surface area contributed by atoms with Gasteiger partial charge in [0.2, 0.25) is 0 Å². The minimum Gasteiger partial charge on any atom is -0.362 e. The molecule has 1 unspecified atom stereocenters. The molecule has 0 aliphatic heterocycles. The predicted octanol–water partition coefficient (Wildman–Crippen LogP) is 3.38. The zero-order chi connectivity index (χ0) is 12.4. The van der Waals surface area contributed by atoms with Crippen molar-refractivity contribution in [3.8, 4) is 0 Å². The lowest BCUT2D eigenvalue weighted by atomic mass is 10.2. The van der Waals surface area contributed by atoms with Crippen LogP contribution in [0.1, 0.15) is 29.5 Å². The zero-order valence-corrected chi connectivity index (χ0v) is 11.4. The first-order valence-electron chi connectivity index (χ1n) is 5.24. The average Bonchev–Trinajstić information content (AvgIpc) is 2.63. The molecule has 17 heavy (non-hydrogen) atoms. The van der Waals surface area contributed by atoms with Crippen LogP contribution >= 0.6 is 22.9 Å². The van der Waals surface area contributed by atoms with Crippen LogP contribution in [-0.2, 0) is 0 Å². The van der Waals surface area contributed by atoms with Gasteiger partial charge in [-0.05, 0) is 20.8 Å². The Balaban J connectivity index is 2.15. The van der Waals surface area contributed by atoms with E-state index in [1.807, 2.05) is 26.2 Å². The third kappa shape index (κ3) is 3.14. The van der Waals surface area contributed by atoms with Gasteiger partial charge < -0.3 is 5.32 Å². The van der Waals surface area contributed by atoms with Crippen LogP contribution in [0.2, 0.25) is 5.15 Å². The lowest BCUT2D eigenvalue weighted by molar-refractivity contribution is 0.833. The Morgan fingerprint density at radius 2 is 2.06 bits per heavy atom. The molecule has 0 fully saturated rings. The van der Waals surface area contributed by atoms with Crippen molar-refractivity contribution >= 4 is 28.8 Å². The monoisotopic (exact) mass is 268 g/mol. The van der Waals surface area contributed by atoms with E-state index in [2.05, 4.69) is 20.3 Å². The number of hydrogen-bond donors (Lipinski definition) is 1. The summed E-state index contributed by atoms with van der Waals surface area (Å²) in [4.78, 5) is 12.7. The molecular weight excluding hydrogens is 256 g/mol. The first kappa shape index (κ1) is 12.3. The van der Waals surface area contributed by atoms with E-state index in [0.29, 0.717) is 11.0 Å². The van der Waals surface area contributed by atoms with Crippen molar-refractivity contribution in [1.29, 1.82) is 0 Å². The van der Waals surface area contributed by atoms with Crippen molar-refractivity contribution in [2.45, 2.75) is 26.8 Å². The van der Waals surface area contributed by atoms with Gasteiger partial charge in [-0.25, -0.2) is 15.0 Å². The molecule has 1 N–H and O–H groups in total. The highest BCUT2D eigenvalue weighted by atomic mass is 35.5. The summed E-state index contributed by atoms with van der Waals surface area (Å²) in [6.45, 7) is 5.85. The van der Waals surface area contributed by atoms with Gasteiger partial charge in [-0.3, -0.25) is 0 Å². The third-order valence-electron chi connectivity index (χ3n) is 2.25. The van der Waals surface area contributed by atoms with Crippen molar-refractivity contribution in [1.82, 2.24) is 15.0 Å². The third-order valence-corrected chi connectivity index (χ3v) is 3.24. The summed E-state index contributed by atoms with van der Waals surface area (Å²) in [5, 5.41) is 6.81. The predicted molar refractivity (Wildman–Crippen MR) is 70.7 cm³/mol. The van der Waals surface area contributed by atoms with Crippen LogP contribution in [0.3, 0.4) is 0 Å². The number of nitrogens with zero attached hydrogens (tertiary/aromatic N) is 3. The Kier molecular flexibility index (Phi) is 3.59. The fourth-order valence-electron chi connectivity index (χ4n) is 1.48. The largest absolute Gasteiger partial charge is 0.362 e. The number of anilines is 1. The summed E-state index contributed by atoms with van der Waals surface area (Å²) < 4.78 is 0. The standard InChI is InChI=1S/C11H13ClN4S/c1-6(9-5-17-8(3)16-9)13-11-4-10(12)14-7(2)15-11/h4-6H,1-3H3,(H,13,14,15). The highest BCUT2D eigenvalue weighted by Gasteiger charge is 2.10. The van der Waals surface area contributed by atoms with Crippen LogP contribution in [0.5, 0.6) is 0 Å². The van der Waals surface area contributed by atoms with Gasteiger partial charge in [-0.1, -0.05) is 11.6 Å². The number of aryl methyl sites for hydroxylation is 2. The van der Waals surface area contributed by atoms with E-state index in [1.165, 1.54) is 0 Å². The summed E-state index contributed by atoms with van der Waals surface area (Å²) >= 11 is 7.52. The summed E-state index contributed by atoms with van der Waals surface area (Å²) in [6, 6.07) is 1.81. The summed E-state index contributed by atoms with van der Waals surface area (Å²) in [5.74, 6) is 1.38. The maximum Gasteiger partial charge on any atom is 0.134 e. The van der Waals surface area contributed by atoms with Crippen molar-refractivity contribution in [3.05, 3.63) is 33.1 Å². The second-order valence-corrected chi connectivity index (χ2v) is 5.23. The molecule has 0 radical (unpaired) electrons. The first-order chi connectivity index (χ1) is 8.04. The van der Waals surface area contributed by atoms with E-state index in [4.69, 9.17) is 11.6 Å². The Bertz CT molecular complexity index is 506. The molecule has 1 atom stereocenters. The SMILES string of the molecule is Cc1nc(Cl)cc(NC(C)c2csc(C)n2)n1. The van der Waals surface area contributed by atoms with Gasteiger partial charge in [0.25, 0.3) is 0 Å². The van der Waals surface area contributed by atoms with E-state index in [0.717, 1.165) is 16.5 Å². The number of hydrogen-bond acceptors (Lipinski definition) is 5. The quantitative estimate of drug-likeness (QED) is 0.867. The van der Waals surface area contributed by atoms with Gasteiger partial charge >= 0.3 is 0 Å². The lowest BCUT2D eigenvalue weighted by Gasteiger charge is -2.12. The molecule has 0 saturated heterocycles. The molecule has 0 bridgehead atoms. The molecule has 0 spiro atoms. The maximum absolute atomic E-state index is 5.88. The van der Waals surface area contributed by atoms with E-state index in [1.54, 1.807) is 17.4 Å². The molecule has 6 heteroatoms. The number of aromatic nitrogens is 3. The fourth-order valence-corrected chi connectivity index (χ4v) is 2.41. The Labute approximate surface area is 109 Å². The van der Waals surface area contributed by atoms with Gasteiger partial charge in [0.15, 0.2) is 0 Å². The van der Waals surface area contributed by atoms with Gasteiger partial charge in [0.1, 0.15) is 16.8 Å². The Morgan fingerprint density at radius 1 is 1.29 bits per heavy atom. The van der Waals surface area contributed by atoms with Gasteiger partial charge in [0.05, 0.1) is 16.7 Å². The van der Waals surface area contributed by atoms with E-state index >= 15 is 0 Å². The fraction of sp³-hybridized carbons (Fsp3) is 0.364. The molecule has 2 rings (SSSR count). The molecule has 2 heterocycles. The molecule has 0 aromatic carbocycles. The molecular formula is C11H13ClN4S. The lowest BCUT2D eigenvalue weighted by Crippen LogP contribution is -2.09. The molecule has 0 aliphatic rings. The number of halogens is 1. The van der Waals surface area contributed by atoms with Crippen LogP contribution in [-0.4, -0.2) is 15.0 Å². The van der Waals surface area contributed by atoms with E-state index < -0.39 is 0 Å². The van der Waals surface area contributed by atoms with E-state index in [9.17, 15) is 0 Å². The van der Waals surface area contributed by atoms with Crippen molar-refractivity contribution in [3.63, 3.8) is 0 Å². The molecule has 2 aromatic rings. The van der Waals surface area contributed by atoms with Crippen LogP contribution in [0, 0.1) is 13.8 Å². The second-order valence-electron chi connectivity index (χ2n) is 3.78.